The fraction of sp³-hybridized carbons (Fsp3) is 0.267. The summed E-state index contributed by atoms with van der Waals surface area (Å²) in [7, 11) is 0. The van der Waals surface area contributed by atoms with Crippen molar-refractivity contribution in [3.8, 4) is 11.8 Å². The fourth-order valence-electron chi connectivity index (χ4n) is 1.80. The van der Waals surface area contributed by atoms with Crippen molar-refractivity contribution in [3.05, 3.63) is 42.0 Å². The molecule has 21 heavy (non-hydrogen) atoms. The number of nitrogens with one attached hydrogen (secondary N) is 1. The van der Waals surface area contributed by atoms with Crippen LogP contribution in [0.3, 0.4) is 0 Å². The number of benzene rings is 1. The first-order valence-electron chi connectivity index (χ1n) is 6.47. The molecule has 1 aromatic heterocycles. The van der Waals surface area contributed by atoms with E-state index >= 15 is 0 Å². The lowest BCUT2D eigenvalue weighted by molar-refractivity contribution is -0.119. The molecule has 0 fully saturated rings. The molecule has 1 amide bonds. The second kappa shape index (κ2) is 6.68. The van der Waals surface area contributed by atoms with Crippen LogP contribution in [0.2, 0.25) is 0 Å². The highest BCUT2D eigenvalue weighted by Gasteiger charge is 2.16. The van der Waals surface area contributed by atoms with Crippen molar-refractivity contribution in [1.82, 2.24) is 14.8 Å². The highest BCUT2D eigenvalue weighted by atomic mass is 16.2. The highest BCUT2D eigenvalue weighted by Crippen LogP contribution is 2.17. The quantitative estimate of drug-likeness (QED) is 0.828. The van der Waals surface area contributed by atoms with E-state index in [4.69, 9.17) is 5.11 Å². The molecular formula is C15H16N4O2. The van der Waals surface area contributed by atoms with Gasteiger partial charge in [-0.25, -0.2) is 9.67 Å². The molecule has 1 atom stereocenters. The molecular weight excluding hydrogens is 268 g/mol. The van der Waals surface area contributed by atoms with Crippen molar-refractivity contribution in [2.24, 2.45) is 0 Å². The molecule has 108 valence electrons. The average Bonchev–Trinajstić information content (AvgIpc) is 3.01. The monoisotopic (exact) mass is 284 g/mol. The van der Waals surface area contributed by atoms with Crippen LogP contribution in [0.15, 0.2) is 30.9 Å². The van der Waals surface area contributed by atoms with Crippen molar-refractivity contribution in [3.63, 3.8) is 0 Å². The van der Waals surface area contributed by atoms with Crippen molar-refractivity contribution < 1.29 is 9.90 Å². The molecule has 2 rings (SSSR count). The van der Waals surface area contributed by atoms with Gasteiger partial charge in [-0.3, -0.25) is 4.79 Å². The molecule has 0 saturated heterocycles. The fourth-order valence-corrected chi connectivity index (χ4v) is 1.80. The lowest BCUT2D eigenvalue weighted by atomic mass is 10.1. The van der Waals surface area contributed by atoms with E-state index in [0.717, 1.165) is 16.8 Å². The largest absolute Gasteiger partial charge is 0.384 e. The van der Waals surface area contributed by atoms with Gasteiger partial charge in [0.25, 0.3) is 0 Å². The van der Waals surface area contributed by atoms with Crippen LogP contribution in [0, 0.1) is 18.8 Å². The summed E-state index contributed by atoms with van der Waals surface area (Å²) in [6.45, 7) is 3.47. The standard InChI is InChI=1S/C15H16N4O2/c1-11-8-13(4-3-7-20)5-6-14(11)18-15(21)12(2)19-10-16-9-17-19/h5-6,8-10,12,20H,7H2,1-2H3,(H,18,21). The third-order valence-electron chi connectivity index (χ3n) is 3.01. The topological polar surface area (TPSA) is 80.0 Å². The van der Waals surface area contributed by atoms with Crippen LogP contribution in [-0.2, 0) is 4.79 Å². The minimum Gasteiger partial charge on any atom is -0.384 e. The molecule has 0 aliphatic heterocycles. The van der Waals surface area contributed by atoms with Crippen LogP contribution >= 0.6 is 0 Å². The third-order valence-corrected chi connectivity index (χ3v) is 3.01. The first-order chi connectivity index (χ1) is 10.1. The number of aliphatic hydroxyl groups excluding tert-OH is 1. The molecule has 0 radical (unpaired) electrons. The number of anilines is 1. The number of amides is 1. The Balaban J connectivity index is 2.11. The van der Waals surface area contributed by atoms with Crippen molar-refractivity contribution >= 4 is 11.6 Å². The van der Waals surface area contributed by atoms with Gasteiger partial charge in [0.05, 0.1) is 0 Å². The Kier molecular flexibility index (Phi) is 4.69. The van der Waals surface area contributed by atoms with E-state index in [9.17, 15) is 4.79 Å². The normalized spacial score (nSPS) is 11.4. The molecule has 0 saturated carbocycles. The van der Waals surface area contributed by atoms with E-state index in [0.29, 0.717) is 0 Å². The van der Waals surface area contributed by atoms with Crippen LogP contribution in [0.25, 0.3) is 0 Å². The first-order valence-corrected chi connectivity index (χ1v) is 6.47. The SMILES string of the molecule is Cc1cc(C#CCO)ccc1NC(=O)C(C)n1cncn1. The number of aliphatic hydroxyl groups is 1. The van der Waals surface area contributed by atoms with Gasteiger partial charge in [0.1, 0.15) is 25.3 Å². The number of aryl methyl sites for hydroxylation is 1. The zero-order valence-corrected chi connectivity index (χ0v) is 11.9. The number of hydrogen-bond donors (Lipinski definition) is 2. The van der Waals surface area contributed by atoms with Gasteiger partial charge in [-0.1, -0.05) is 11.8 Å². The summed E-state index contributed by atoms with van der Waals surface area (Å²) in [5.41, 5.74) is 2.42. The lowest BCUT2D eigenvalue weighted by Crippen LogP contribution is -2.24. The Morgan fingerprint density at radius 3 is 2.95 bits per heavy atom. The molecule has 0 aliphatic rings. The molecule has 1 heterocycles. The Bertz CT molecular complexity index is 683. The van der Waals surface area contributed by atoms with Crippen molar-refractivity contribution in [2.75, 3.05) is 11.9 Å². The number of carbonyl (C=O) groups excluding carboxylic acids is 1. The van der Waals surface area contributed by atoms with Gasteiger partial charge in [0.15, 0.2) is 0 Å². The first kappa shape index (κ1) is 14.8. The van der Waals surface area contributed by atoms with Crippen LogP contribution < -0.4 is 5.32 Å². The van der Waals surface area contributed by atoms with Gasteiger partial charge >= 0.3 is 0 Å². The third kappa shape index (κ3) is 3.68. The molecule has 0 aliphatic carbocycles. The summed E-state index contributed by atoms with van der Waals surface area (Å²) in [6, 6.07) is 5.01. The average molecular weight is 284 g/mol. The smallest absolute Gasteiger partial charge is 0.249 e. The van der Waals surface area contributed by atoms with Crippen molar-refractivity contribution in [2.45, 2.75) is 19.9 Å². The van der Waals surface area contributed by atoms with E-state index < -0.39 is 6.04 Å². The Morgan fingerprint density at radius 2 is 2.33 bits per heavy atom. The van der Waals surface area contributed by atoms with Gasteiger partial charge in [-0.15, -0.1) is 0 Å². The summed E-state index contributed by atoms with van der Waals surface area (Å²) in [4.78, 5) is 16.0. The van der Waals surface area contributed by atoms with Gasteiger partial charge in [0, 0.05) is 11.3 Å². The van der Waals surface area contributed by atoms with Gasteiger partial charge in [-0.2, -0.15) is 5.10 Å². The molecule has 0 spiro atoms. The summed E-state index contributed by atoms with van der Waals surface area (Å²) in [5.74, 6) is 5.25. The molecule has 1 unspecified atom stereocenters. The number of hydrogen-bond acceptors (Lipinski definition) is 4. The summed E-state index contributed by atoms with van der Waals surface area (Å²) in [6.07, 6.45) is 2.90. The van der Waals surface area contributed by atoms with E-state index in [1.165, 1.54) is 17.3 Å². The molecule has 2 aromatic rings. The highest BCUT2D eigenvalue weighted by molar-refractivity contribution is 5.94. The van der Waals surface area contributed by atoms with E-state index in [2.05, 4.69) is 27.2 Å². The van der Waals surface area contributed by atoms with E-state index in [1.54, 1.807) is 19.1 Å². The number of nitrogens with zero attached hydrogens (tertiary/aromatic N) is 3. The van der Waals surface area contributed by atoms with Crippen LogP contribution in [0.1, 0.15) is 24.1 Å². The Hall–Kier alpha value is -2.65. The van der Waals surface area contributed by atoms with Crippen LogP contribution in [-0.4, -0.2) is 32.4 Å². The Morgan fingerprint density at radius 1 is 1.52 bits per heavy atom. The minimum absolute atomic E-state index is 0.169. The van der Waals surface area contributed by atoms with Gasteiger partial charge < -0.3 is 10.4 Å². The maximum absolute atomic E-state index is 12.2. The van der Waals surface area contributed by atoms with E-state index in [-0.39, 0.29) is 12.5 Å². The predicted molar refractivity (Wildman–Crippen MR) is 78.5 cm³/mol. The molecule has 2 N–H and O–H groups in total. The van der Waals surface area contributed by atoms with Crippen LogP contribution in [0.5, 0.6) is 0 Å². The Labute approximate surface area is 122 Å². The zero-order valence-electron chi connectivity index (χ0n) is 11.9. The summed E-state index contributed by atoms with van der Waals surface area (Å²) >= 11 is 0. The lowest BCUT2D eigenvalue weighted by Gasteiger charge is -2.13. The zero-order chi connectivity index (χ0) is 15.2. The molecule has 1 aromatic carbocycles. The second-order valence-corrected chi connectivity index (χ2v) is 4.53. The number of carbonyl (C=O) groups is 1. The maximum Gasteiger partial charge on any atom is 0.249 e. The second-order valence-electron chi connectivity index (χ2n) is 4.53. The maximum atomic E-state index is 12.2. The van der Waals surface area contributed by atoms with E-state index in [1.807, 2.05) is 13.0 Å². The minimum atomic E-state index is -0.444. The molecule has 6 heteroatoms. The molecule has 6 nitrogen and oxygen atoms in total. The summed E-state index contributed by atoms with van der Waals surface area (Å²) in [5, 5.41) is 15.5. The van der Waals surface area contributed by atoms with Crippen LogP contribution in [0.4, 0.5) is 5.69 Å². The number of rotatable bonds is 3. The van der Waals surface area contributed by atoms with Gasteiger partial charge in [0.2, 0.25) is 5.91 Å². The van der Waals surface area contributed by atoms with Gasteiger partial charge in [-0.05, 0) is 37.6 Å². The predicted octanol–water partition coefficient (Wildman–Crippen LogP) is 1.13. The summed E-state index contributed by atoms with van der Waals surface area (Å²) < 4.78 is 1.49. The van der Waals surface area contributed by atoms with Crippen molar-refractivity contribution in [1.29, 1.82) is 0 Å². The number of aromatic nitrogens is 3. The molecule has 0 bridgehead atoms.